The molecule has 0 aromatic carbocycles. The predicted octanol–water partition coefficient (Wildman–Crippen LogP) is 3.43. The molecule has 1 aliphatic carbocycles. The van der Waals surface area contributed by atoms with E-state index in [0.29, 0.717) is 5.92 Å². The number of alkyl halides is 1. The third kappa shape index (κ3) is 3.37. The topological polar surface area (TPSA) is 20.3 Å². The number of hydrogen-bond donors (Lipinski definition) is 0. The average Bonchev–Trinajstić information content (AvgIpc) is 2.38. The fraction of sp³-hybridized carbons (Fsp3) is 0.929. The second-order valence-corrected chi connectivity index (χ2v) is 6.29. The summed E-state index contributed by atoms with van der Waals surface area (Å²) in [4.78, 5) is 14.3. The Morgan fingerprint density at radius 3 is 2.53 bits per heavy atom. The molecule has 3 atom stereocenters. The highest BCUT2D eigenvalue weighted by atomic mass is 35.5. The van der Waals surface area contributed by atoms with Crippen molar-refractivity contribution in [2.75, 3.05) is 13.1 Å². The summed E-state index contributed by atoms with van der Waals surface area (Å²) in [7, 11) is 0. The zero-order valence-corrected chi connectivity index (χ0v) is 11.6. The van der Waals surface area contributed by atoms with Crippen LogP contribution in [-0.4, -0.2) is 29.3 Å². The van der Waals surface area contributed by atoms with Gasteiger partial charge in [-0.2, -0.15) is 0 Å². The van der Waals surface area contributed by atoms with Crippen molar-refractivity contribution < 1.29 is 4.79 Å². The first kappa shape index (κ1) is 13.2. The van der Waals surface area contributed by atoms with Gasteiger partial charge >= 0.3 is 0 Å². The summed E-state index contributed by atoms with van der Waals surface area (Å²) in [5.74, 6) is 1.35. The van der Waals surface area contributed by atoms with Gasteiger partial charge in [0.05, 0.1) is 0 Å². The molecule has 3 heteroatoms. The van der Waals surface area contributed by atoms with E-state index in [9.17, 15) is 4.79 Å². The molecular formula is C14H24ClNO. The molecule has 1 heterocycles. The molecule has 1 saturated carbocycles. The van der Waals surface area contributed by atoms with Crippen LogP contribution in [0.1, 0.15) is 51.9 Å². The van der Waals surface area contributed by atoms with Crippen molar-refractivity contribution >= 4 is 17.5 Å². The first-order valence-corrected chi connectivity index (χ1v) is 7.55. The van der Waals surface area contributed by atoms with Gasteiger partial charge in [-0.1, -0.05) is 19.8 Å². The molecule has 3 unspecified atom stereocenters. The molecule has 2 nitrogen and oxygen atoms in total. The zero-order chi connectivity index (χ0) is 12.3. The molecule has 0 N–H and O–H groups in total. The summed E-state index contributed by atoms with van der Waals surface area (Å²) in [6, 6.07) is 0. The van der Waals surface area contributed by atoms with Gasteiger partial charge in [0.25, 0.3) is 0 Å². The van der Waals surface area contributed by atoms with Gasteiger partial charge in [-0.15, -0.1) is 11.6 Å². The summed E-state index contributed by atoms with van der Waals surface area (Å²) in [6.07, 6.45) is 8.37. The third-order valence-corrected chi connectivity index (χ3v) is 4.84. The van der Waals surface area contributed by atoms with E-state index in [4.69, 9.17) is 11.6 Å². The smallest absolute Gasteiger partial charge is 0.240 e. The molecule has 1 saturated heterocycles. The van der Waals surface area contributed by atoms with Crippen LogP contribution in [0.3, 0.4) is 0 Å². The van der Waals surface area contributed by atoms with Crippen LogP contribution in [-0.2, 0) is 4.79 Å². The average molecular weight is 258 g/mol. The van der Waals surface area contributed by atoms with Crippen LogP contribution in [0.15, 0.2) is 0 Å². The molecule has 0 radical (unpaired) electrons. The molecule has 0 aromatic heterocycles. The molecule has 0 spiro atoms. The van der Waals surface area contributed by atoms with Gasteiger partial charge in [0.1, 0.15) is 5.38 Å². The highest BCUT2D eigenvalue weighted by Gasteiger charge is 2.32. The largest absolute Gasteiger partial charge is 0.341 e. The van der Waals surface area contributed by atoms with E-state index in [1.807, 2.05) is 4.90 Å². The Morgan fingerprint density at radius 1 is 1.18 bits per heavy atom. The Morgan fingerprint density at radius 2 is 1.88 bits per heavy atom. The molecule has 0 aromatic rings. The Kier molecular flexibility index (Phi) is 4.72. The van der Waals surface area contributed by atoms with Crippen molar-refractivity contribution in [1.29, 1.82) is 0 Å². The van der Waals surface area contributed by atoms with Crippen molar-refractivity contribution in [3.63, 3.8) is 0 Å². The van der Waals surface area contributed by atoms with Gasteiger partial charge in [0.2, 0.25) is 5.91 Å². The summed E-state index contributed by atoms with van der Waals surface area (Å²) in [5, 5.41) is -0.268. The second kappa shape index (κ2) is 6.08. The van der Waals surface area contributed by atoms with Crippen molar-refractivity contribution in [3.8, 4) is 0 Å². The number of carbonyl (C=O) groups is 1. The number of nitrogens with zero attached hydrogens (tertiary/aromatic N) is 1. The van der Waals surface area contributed by atoms with Crippen LogP contribution in [0.25, 0.3) is 0 Å². The summed E-state index contributed by atoms with van der Waals surface area (Å²) in [6.45, 7) is 4.12. The molecule has 2 fully saturated rings. The van der Waals surface area contributed by atoms with Gasteiger partial charge in [-0.05, 0) is 43.9 Å². The Hall–Kier alpha value is -0.240. The van der Waals surface area contributed by atoms with Crippen LogP contribution in [0.5, 0.6) is 0 Å². The highest BCUT2D eigenvalue weighted by Crippen LogP contribution is 2.33. The minimum atomic E-state index is -0.268. The van der Waals surface area contributed by atoms with E-state index in [0.717, 1.165) is 44.7 Å². The number of rotatable bonds is 2. The van der Waals surface area contributed by atoms with Gasteiger partial charge in [-0.3, -0.25) is 4.79 Å². The van der Waals surface area contributed by atoms with Crippen LogP contribution >= 0.6 is 11.6 Å². The summed E-state index contributed by atoms with van der Waals surface area (Å²) in [5.41, 5.74) is 0. The van der Waals surface area contributed by atoms with Gasteiger partial charge < -0.3 is 4.90 Å². The van der Waals surface area contributed by atoms with Crippen molar-refractivity contribution in [1.82, 2.24) is 4.90 Å². The summed E-state index contributed by atoms with van der Waals surface area (Å²) >= 11 is 6.42. The standard InChI is InChI=1S/C14H24ClNO/c1-11-6-5-7-12(10-11)13(15)14(17)16-8-3-2-4-9-16/h11-13H,2-10H2,1H3. The number of carbonyl (C=O) groups excluding carboxylic acids is 1. The lowest BCUT2D eigenvalue weighted by Crippen LogP contribution is -2.43. The Bertz CT molecular complexity index is 263. The number of piperidine rings is 1. The van der Waals surface area contributed by atoms with Crippen molar-refractivity contribution in [3.05, 3.63) is 0 Å². The predicted molar refractivity (Wildman–Crippen MR) is 71.2 cm³/mol. The quantitative estimate of drug-likeness (QED) is 0.694. The number of amides is 1. The van der Waals surface area contributed by atoms with E-state index in [1.54, 1.807) is 0 Å². The number of hydrogen-bond acceptors (Lipinski definition) is 1. The molecule has 17 heavy (non-hydrogen) atoms. The lowest BCUT2D eigenvalue weighted by Gasteiger charge is -2.34. The molecule has 2 aliphatic rings. The maximum atomic E-state index is 12.3. The molecule has 98 valence electrons. The van der Waals surface area contributed by atoms with E-state index >= 15 is 0 Å². The van der Waals surface area contributed by atoms with Crippen LogP contribution in [0.2, 0.25) is 0 Å². The first-order valence-electron chi connectivity index (χ1n) is 7.11. The van der Waals surface area contributed by atoms with E-state index in [1.165, 1.54) is 19.3 Å². The van der Waals surface area contributed by atoms with E-state index in [-0.39, 0.29) is 11.3 Å². The zero-order valence-electron chi connectivity index (χ0n) is 10.8. The molecule has 1 amide bonds. The van der Waals surface area contributed by atoms with Gasteiger partial charge in [0.15, 0.2) is 0 Å². The van der Waals surface area contributed by atoms with Crippen LogP contribution in [0.4, 0.5) is 0 Å². The first-order chi connectivity index (χ1) is 8.18. The van der Waals surface area contributed by atoms with Gasteiger partial charge in [0, 0.05) is 13.1 Å². The fourth-order valence-corrected chi connectivity index (χ4v) is 3.60. The lowest BCUT2D eigenvalue weighted by atomic mass is 9.80. The van der Waals surface area contributed by atoms with E-state index in [2.05, 4.69) is 6.92 Å². The van der Waals surface area contributed by atoms with Crippen LogP contribution in [0, 0.1) is 11.8 Å². The SMILES string of the molecule is CC1CCCC(C(Cl)C(=O)N2CCCCC2)C1. The number of halogens is 1. The molecule has 2 rings (SSSR count). The van der Waals surface area contributed by atoms with Crippen molar-refractivity contribution in [2.45, 2.75) is 57.2 Å². The monoisotopic (exact) mass is 257 g/mol. The Balaban J connectivity index is 1.89. The third-order valence-electron chi connectivity index (χ3n) is 4.29. The molecule has 0 bridgehead atoms. The Labute approximate surface area is 110 Å². The maximum Gasteiger partial charge on any atom is 0.240 e. The van der Waals surface area contributed by atoms with Crippen molar-refractivity contribution in [2.24, 2.45) is 11.8 Å². The number of likely N-dealkylation sites (tertiary alicyclic amines) is 1. The normalized spacial score (nSPS) is 32.2. The lowest BCUT2D eigenvalue weighted by molar-refractivity contribution is -0.133. The second-order valence-electron chi connectivity index (χ2n) is 5.82. The minimum absolute atomic E-state index is 0.200. The molecular weight excluding hydrogens is 234 g/mol. The fourth-order valence-electron chi connectivity index (χ4n) is 3.24. The van der Waals surface area contributed by atoms with Gasteiger partial charge in [-0.25, -0.2) is 0 Å². The minimum Gasteiger partial charge on any atom is -0.341 e. The van der Waals surface area contributed by atoms with Crippen LogP contribution < -0.4 is 0 Å². The molecule has 1 aliphatic heterocycles. The highest BCUT2D eigenvalue weighted by molar-refractivity contribution is 6.30. The maximum absolute atomic E-state index is 12.3. The van der Waals surface area contributed by atoms with E-state index < -0.39 is 0 Å². The summed E-state index contributed by atoms with van der Waals surface area (Å²) < 4.78 is 0.